The van der Waals surface area contributed by atoms with Crippen LogP contribution in [0, 0.1) is 12.7 Å². The summed E-state index contributed by atoms with van der Waals surface area (Å²) in [4.78, 5) is 26.6. The molecular formula is C23H21ClFN3O2. The first-order valence-electron chi connectivity index (χ1n) is 9.37. The summed E-state index contributed by atoms with van der Waals surface area (Å²) >= 11 is 5.84. The van der Waals surface area contributed by atoms with Crippen molar-refractivity contribution in [1.82, 2.24) is 5.32 Å². The molecule has 3 rings (SSSR count). The van der Waals surface area contributed by atoms with Gasteiger partial charge in [-0.2, -0.15) is 0 Å². The van der Waals surface area contributed by atoms with Gasteiger partial charge in [-0.05, 0) is 67.6 Å². The number of carbonyl (C=O) groups excluding carboxylic acids is 2. The van der Waals surface area contributed by atoms with Crippen molar-refractivity contribution in [1.29, 1.82) is 0 Å². The number of hydrogen-bond donors (Lipinski definition) is 2. The van der Waals surface area contributed by atoms with E-state index in [4.69, 9.17) is 11.6 Å². The molecule has 0 atom stereocenters. The molecule has 5 nitrogen and oxygen atoms in total. The Morgan fingerprint density at radius 2 is 1.57 bits per heavy atom. The number of hydrogen-bond acceptors (Lipinski definition) is 2. The van der Waals surface area contributed by atoms with E-state index < -0.39 is 5.82 Å². The Kier molecular flexibility index (Phi) is 7.03. The topological polar surface area (TPSA) is 61.4 Å². The highest BCUT2D eigenvalue weighted by molar-refractivity contribution is 6.30. The third-order valence-corrected chi connectivity index (χ3v) is 4.67. The number of urea groups is 1. The molecule has 0 heterocycles. The van der Waals surface area contributed by atoms with E-state index in [9.17, 15) is 14.0 Å². The van der Waals surface area contributed by atoms with Crippen molar-refractivity contribution < 1.29 is 14.0 Å². The van der Waals surface area contributed by atoms with Crippen LogP contribution in [0.1, 0.15) is 15.9 Å². The van der Waals surface area contributed by atoms with Gasteiger partial charge in [0.15, 0.2) is 0 Å². The minimum absolute atomic E-state index is 0.197. The lowest BCUT2D eigenvalue weighted by Crippen LogP contribution is -2.41. The smallest absolute Gasteiger partial charge is 0.326 e. The van der Waals surface area contributed by atoms with Crippen LogP contribution >= 0.6 is 11.6 Å². The summed E-state index contributed by atoms with van der Waals surface area (Å²) in [6.45, 7) is 2.36. The Labute approximate surface area is 179 Å². The molecule has 154 valence electrons. The normalized spacial score (nSPS) is 10.4. The van der Waals surface area contributed by atoms with E-state index in [1.54, 1.807) is 36.4 Å². The minimum Gasteiger partial charge on any atom is -0.350 e. The Morgan fingerprint density at radius 1 is 0.933 bits per heavy atom. The van der Waals surface area contributed by atoms with Crippen molar-refractivity contribution in [2.45, 2.75) is 6.92 Å². The van der Waals surface area contributed by atoms with E-state index in [-0.39, 0.29) is 25.0 Å². The highest BCUT2D eigenvalue weighted by atomic mass is 35.5. The monoisotopic (exact) mass is 425 g/mol. The number of carbonyl (C=O) groups is 2. The van der Waals surface area contributed by atoms with Gasteiger partial charge in [-0.15, -0.1) is 0 Å². The second-order valence-corrected chi connectivity index (χ2v) is 7.12. The molecule has 2 N–H and O–H groups in total. The largest absolute Gasteiger partial charge is 0.350 e. The first kappa shape index (κ1) is 21.3. The number of aryl methyl sites for hydroxylation is 1. The van der Waals surface area contributed by atoms with Crippen LogP contribution < -0.4 is 15.5 Å². The lowest BCUT2D eigenvalue weighted by Gasteiger charge is -2.23. The molecule has 3 aromatic carbocycles. The van der Waals surface area contributed by atoms with E-state index >= 15 is 0 Å². The molecule has 0 aliphatic heterocycles. The van der Waals surface area contributed by atoms with E-state index in [0.717, 1.165) is 5.56 Å². The first-order chi connectivity index (χ1) is 14.4. The van der Waals surface area contributed by atoms with Crippen molar-refractivity contribution in [3.05, 3.63) is 94.8 Å². The van der Waals surface area contributed by atoms with Crippen LogP contribution in [0.4, 0.5) is 20.6 Å². The zero-order valence-electron chi connectivity index (χ0n) is 16.4. The fourth-order valence-corrected chi connectivity index (χ4v) is 2.91. The van der Waals surface area contributed by atoms with Gasteiger partial charge in [0.1, 0.15) is 5.82 Å². The molecule has 3 amide bonds. The third kappa shape index (κ3) is 5.81. The third-order valence-electron chi connectivity index (χ3n) is 4.41. The Hall–Kier alpha value is -3.38. The van der Waals surface area contributed by atoms with E-state index in [1.165, 1.54) is 29.2 Å². The van der Waals surface area contributed by atoms with Gasteiger partial charge in [-0.3, -0.25) is 9.69 Å². The lowest BCUT2D eigenvalue weighted by atomic mass is 10.2. The number of benzene rings is 3. The molecule has 0 saturated heterocycles. The van der Waals surface area contributed by atoms with Gasteiger partial charge in [0.2, 0.25) is 0 Å². The summed E-state index contributed by atoms with van der Waals surface area (Å²) < 4.78 is 13.3. The summed E-state index contributed by atoms with van der Waals surface area (Å²) in [6.07, 6.45) is 0. The second-order valence-electron chi connectivity index (χ2n) is 6.69. The van der Waals surface area contributed by atoms with E-state index in [1.807, 2.05) is 19.1 Å². The van der Waals surface area contributed by atoms with Gasteiger partial charge in [0.05, 0.1) is 0 Å². The van der Waals surface area contributed by atoms with Crippen LogP contribution in [0.15, 0.2) is 72.8 Å². The molecule has 7 heteroatoms. The standard InChI is InChI=1S/C23H21ClFN3O2/c1-16-2-10-20(11-3-16)27-23(30)28(21-12-8-19(25)9-13-21)15-14-26-22(29)17-4-6-18(24)7-5-17/h2-13H,14-15H2,1H3,(H,26,29)(H,27,30). The average Bonchev–Trinajstić information content (AvgIpc) is 2.74. The highest BCUT2D eigenvalue weighted by Gasteiger charge is 2.17. The van der Waals surface area contributed by atoms with Crippen molar-refractivity contribution in [3.8, 4) is 0 Å². The van der Waals surface area contributed by atoms with Crippen molar-refractivity contribution >= 4 is 34.9 Å². The lowest BCUT2D eigenvalue weighted by molar-refractivity contribution is 0.0954. The molecule has 0 spiro atoms. The van der Waals surface area contributed by atoms with Gasteiger partial charge < -0.3 is 10.6 Å². The second kappa shape index (κ2) is 9.89. The molecule has 0 aliphatic carbocycles. The van der Waals surface area contributed by atoms with Crippen LogP contribution in [0.25, 0.3) is 0 Å². The number of halogens is 2. The Bertz CT molecular complexity index is 1010. The predicted molar refractivity (Wildman–Crippen MR) is 118 cm³/mol. The maximum atomic E-state index is 13.3. The minimum atomic E-state index is -0.395. The fourth-order valence-electron chi connectivity index (χ4n) is 2.78. The summed E-state index contributed by atoms with van der Waals surface area (Å²) in [5.41, 5.74) is 2.70. The summed E-state index contributed by atoms with van der Waals surface area (Å²) in [6, 6.07) is 19.1. The molecule has 0 radical (unpaired) electrons. The first-order valence-corrected chi connectivity index (χ1v) is 9.75. The number of anilines is 2. The van der Waals surface area contributed by atoms with Crippen LogP contribution in [0.5, 0.6) is 0 Å². The van der Waals surface area contributed by atoms with Crippen LogP contribution in [0.3, 0.4) is 0 Å². The van der Waals surface area contributed by atoms with Crippen molar-refractivity contribution in [2.75, 3.05) is 23.3 Å². The Morgan fingerprint density at radius 3 is 2.20 bits per heavy atom. The molecule has 0 saturated carbocycles. The number of nitrogens with one attached hydrogen (secondary N) is 2. The van der Waals surface area contributed by atoms with Crippen LogP contribution in [0.2, 0.25) is 5.02 Å². The van der Waals surface area contributed by atoms with Gasteiger partial charge in [-0.25, -0.2) is 9.18 Å². The number of nitrogens with zero attached hydrogens (tertiary/aromatic N) is 1. The zero-order valence-corrected chi connectivity index (χ0v) is 17.1. The molecule has 0 fully saturated rings. The fraction of sp³-hybridized carbons (Fsp3) is 0.130. The van der Waals surface area contributed by atoms with Crippen molar-refractivity contribution in [3.63, 3.8) is 0 Å². The number of amides is 3. The Balaban J connectivity index is 1.68. The highest BCUT2D eigenvalue weighted by Crippen LogP contribution is 2.17. The van der Waals surface area contributed by atoms with Crippen molar-refractivity contribution in [2.24, 2.45) is 0 Å². The van der Waals surface area contributed by atoms with Gasteiger partial charge in [0, 0.05) is 35.1 Å². The van der Waals surface area contributed by atoms with Gasteiger partial charge in [0.25, 0.3) is 5.91 Å². The molecule has 0 aromatic heterocycles. The maximum absolute atomic E-state index is 13.3. The summed E-state index contributed by atoms with van der Waals surface area (Å²) in [7, 11) is 0. The molecular weight excluding hydrogens is 405 g/mol. The maximum Gasteiger partial charge on any atom is 0.326 e. The quantitative estimate of drug-likeness (QED) is 0.566. The number of rotatable bonds is 6. The predicted octanol–water partition coefficient (Wildman–Crippen LogP) is 5.26. The van der Waals surface area contributed by atoms with Gasteiger partial charge in [-0.1, -0.05) is 29.3 Å². The molecule has 0 unspecified atom stereocenters. The molecule has 3 aromatic rings. The molecule has 0 aliphatic rings. The van der Waals surface area contributed by atoms with Gasteiger partial charge >= 0.3 is 6.03 Å². The average molecular weight is 426 g/mol. The van der Waals surface area contributed by atoms with E-state index in [0.29, 0.717) is 22.0 Å². The summed E-state index contributed by atoms with van der Waals surface area (Å²) in [5.74, 6) is -0.668. The zero-order chi connectivity index (χ0) is 21.5. The SMILES string of the molecule is Cc1ccc(NC(=O)N(CCNC(=O)c2ccc(Cl)cc2)c2ccc(F)cc2)cc1. The van der Waals surface area contributed by atoms with Crippen LogP contribution in [-0.4, -0.2) is 25.0 Å². The van der Waals surface area contributed by atoms with Crippen LogP contribution in [-0.2, 0) is 0 Å². The molecule has 30 heavy (non-hydrogen) atoms. The molecule has 0 bridgehead atoms. The summed E-state index contributed by atoms with van der Waals surface area (Å²) in [5, 5.41) is 6.15. The van der Waals surface area contributed by atoms with E-state index in [2.05, 4.69) is 10.6 Å².